The van der Waals surface area contributed by atoms with Crippen molar-refractivity contribution in [3.8, 4) is 0 Å². The normalized spacial score (nSPS) is 12.3. The Balaban J connectivity index is 3.71. The summed E-state index contributed by atoms with van der Waals surface area (Å²) in [5.74, 6) is -0.0191. The summed E-state index contributed by atoms with van der Waals surface area (Å²) in [6, 6.07) is -0.507. The van der Waals surface area contributed by atoms with Crippen LogP contribution < -0.4 is 16.4 Å². The van der Waals surface area contributed by atoms with E-state index in [1.807, 2.05) is 20.8 Å². The second-order valence-corrected chi connectivity index (χ2v) is 4.66. The van der Waals surface area contributed by atoms with Gasteiger partial charge < -0.3 is 16.4 Å². The molecule has 0 aliphatic heterocycles. The van der Waals surface area contributed by atoms with Gasteiger partial charge >= 0.3 is 0 Å². The Labute approximate surface area is 104 Å². The van der Waals surface area contributed by atoms with E-state index in [1.54, 1.807) is 0 Å². The third-order valence-electron chi connectivity index (χ3n) is 2.34. The molecule has 0 heterocycles. The van der Waals surface area contributed by atoms with Crippen LogP contribution in [0.25, 0.3) is 0 Å². The zero-order chi connectivity index (χ0) is 13.3. The predicted octanol–water partition coefficient (Wildman–Crippen LogP) is 0.392. The van der Waals surface area contributed by atoms with Crippen molar-refractivity contribution < 1.29 is 9.59 Å². The molecule has 17 heavy (non-hydrogen) atoms. The smallest absolute Gasteiger partial charge is 0.239 e. The molecular weight excluding hydrogens is 218 g/mol. The summed E-state index contributed by atoms with van der Waals surface area (Å²) >= 11 is 0. The zero-order valence-corrected chi connectivity index (χ0v) is 11.1. The minimum atomic E-state index is -0.507. The number of carbonyl (C=O) groups excluding carboxylic acids is 2. The maximum atomic E-state index is 11.5. The van der Waals surface area contributed by atoms with Crippen LogP contribution in [0.5, 0.6) is 0 Å². The largest absolute Gasteiger partial charge is 0.354 e. The van der Waals surface area contributed by atoms with E-state index >= 15 is 0 Å². The first-order valence-electron chi connectivity index (χ1n) is 6.27. The maximum absolute atomic E-state index is 11.5. The molecule has 0 bridgehead atoms. The van der Waals surface area contributed by atoms with Crippen LogP contribution in [0.1, 0.15) is 40.0 Å². The van der Waals surface area contributed by atoms with E-state index in [1.165, 1.54) is 0 Å². The van der Waals surface area contributed by atoms with Gasteiger partial charge in [-0.2, -0.15) is 0 Å². The Kier molecular flexibility index (Phi) is 8.40. The number of carbonyl (C=O) groups is 2. The summed E-state index contributed by atoms with van der Waals surface area (Å²) in [7, 11) is 0. The molecule has 0 rings (SSSR count). The molecule has 0 unspecified atom stereocenters. The molecular formula is C12H25N3O2. The van der Waals surface area contributed by atoms with Crippen LogP contribution in [0, 0.1) is 5.92 Å². The fraction of sp³-hybridized carbons (Fsp3) is 0.833. The lowest BCUT2D eigenvalue weighted by atomic mass is 10.1. The van der Waals surface area contributed by atoms with E-state index < -0.39 is 6.04 Å². The standard InChI is InChI=1S/C12H25N3O2/c1-4-5-6-10(13)12(17)15-8-11(16)14-7-9(2)3/h9-10H,4-8,13H2,1-3H3,(H,14,16)(H,15,17)/t10-/m0/s1. The first-order valence-corrected chi connectivity index (χ1v) is 6.27. The lowest BCUT2D eigenvalue weighted by molar-refractivity contribution is -0.127. The van der Waals surface area contributed by atoms with E-state index in [0.717, 1.165) is 12.8 Å². The van der Waals surface area contributed by atoms with Gasteiger partial charge in [-0.05, 0) is 12.3 Å². The SMILES string of the molecule is CCCC[C@H](N)C(=O)NCC(=O)NCC(C)C. The summed E-state index contributed by atoms with van der Waals surface area (Å²) in [6.45, 7) is 6.70. The van der Waals surface area contributed by atoms with Crippen LogP contribution in [0.2, 0.25) is 0 Å². The first-order chi connectivity index (χ1) is 7.97. The average Bonchev–Trinajstić information content (AvgIpc) is 2.30. The Morgan fingerprint density at radius 1 is 1.24 bits per heavy atom. The Morgan fingerprint density at radius 3 is 2.41 bits per heavy atom. The Bertz CT molecular complexity index is 242. The molecule has 0 aromatic carbocycles. The van der Waals surface area contributed by atoms with E-state index in [9.17, 15) is 9.59 Å². The van der Waals surface area contributed by atoms with Gasteiger partial charge in [0.2, 0.25) is 11.8 Å². The second kappa shape index (κ2) is 8.98. The number of hydrogen-bond acceptors (Lipinski definition) is 3. The third kappa shape index (κ3) is 8.68. The average molecular weight is 243 g/mol. The van der Waals surface area contributed by atoms with E-state index in [2.05, 4.69) is 10.6 Å². The monoisotopic (exact) mass is 243 g/mol. The van der Waals surface area contributed by atoms with E-state index in [-0.39, 0.29) is 18.4 Å². The number of unbranched alkanes of at least 4 members (excludes halogenated alkanes) is 1. The fourth-order valence-corrected chi connectivity index (χ4v) is 1.23. The van der Waals surface area contributed by atoms with Crippen molar-refractivity contribution in [3.63, 3.8) is 0 Å². The molecule has 0 saturated carbocycles. The van der Waals surface area contributed by atoms with Crippen molar-refractivity contribution in [1.29, 1.82) is 0 Å². The number of amides is 2. The molecule has 0 aromatic heterocycles. The van der Waals surface area contributed by atoms with Gasteiger partial charge in [-0.1, -0.05) is 33.6 Å². The maximum Gasteiger partial charge on any atom is 0.239 e. The van der Waals surface area contributed by atoms with Gasteiger partial charge in [0.25, 0.3) is 0 Å². The highest BCUT2D eigenvalue weighted by Crippen LogP contribution is 1.97. The van der Waals surface area contributed by atoms with Crippen LogP contribution in [0.3, 0.4) is 0 Å². The molecule has 0 saturated heterocycles. The van der Waals surface area contributed by atoms with Gasteiger partial charge in [0.1, 0.15) is 0 Å². The minimum absolute atomic E-state index is 0.00534. The molecule has 0 spiro atoms. The predicted molar refractivity (Wildman–Crippen MR) is 68.4 cm³/mol. The molecule has 2 amide bonds. The van der Waals surface area contributed by atoms with Crippen LogP contribution in [-0.4, -0.2) is 30.9 Å². The van der Waals surface area contributed by atoms with Crippen molar-refractivity contribution in [2.24, 2.45) is 11.7 Å². The molecule has 0 aliphatic rings. The molecule has 0 fully saturated rings. The molecule has 0 radical (unpaired) electrons. The second-order valence-electron chi connectivity index (χ2n) is 4.66. The lowest BCUT2D eigenvalue weighted by Gasteiger charge is -2.12. The summed E-state index contributed by atoms with van der Waals surface area (Å²) in [6.07, 6.45) is 2.60. The van der Waals surface area contributed by atoms with Crippen molar-refractivity contribution in [1.82, 2.24) is 10.6 Å². The van der Waals surface area contributed by atoms with Crippen LogP contribution >= 0.6 is 0 Å². The summed E-state index contributed by atoms with van der Waals surface area (Å²) < 4.78 is 0. The van der Waals surface area contributed by atoms with Gasteiger partial charge in [-0.25, -0.2) is 0 Å². The zero-order valence-electron chi connectivity index (χ0n) is 11.1. The Morgan fingerprint density at radius 2 is 1.88 bits per heavy atom. The molecule has 1 atom stereocenters. The van der Waals surface area contributed by atoms with Crippen molar-refractivity contribution >= 4 is 11.8 Å². The molecule has 4 N–H and O–H groups in total. The van der Waals surface area contributed by atoms with Crippen LogP contribution in [0.4, 0.5) is 0 Å². The van der Waals surface area contributed by atoms with E-state index in [4.69, 9.17) is 5.73 Å². The van der Waals surface area contributed by atoms with Gasteiger partial charge in [0.15, 0.2) is 0 Å². The molecule has 0 aromatic rings. The number of nitrogens with one attached hydrogen (secondary N) is 2. The highest BCUT2D eigenvalue weighted by atomic mass is 16.2. The molecule has 100 valence electrons. The number of rotatable bonds is 8. The Hall–Kier alpha value is -1.10. The topological polar surface area (TPSA) is 84.2 Å². The molecule has 0 aliphatic carbocycles. The molecule has 5 nitrogen and oxygen atoms in total. The highest BCUT2D eigenvalue weighted by molar-refractivity contribution is 5.87. The van der Waals surface area contributed by atoms with Gasteiger partial charge in [0.05, 0.1) is 12.6 Å². The van der Waals surface area contributed by atoms with Crippen LogP contribution in [-0.2, 0) is 9.59 Å². The van der Waals surface area contributed by atoms with Crippen molar-refractivity contribution in [3.05, 3.63) is 0 Å². The number of nitrogens with two attached hydrogens (primary N) is 1. The minimum Gasteiger partial charge on any atom is -0.354 e. The molecule has 5 heteroatoms. The highest BCUT2D eigenvalue weighted by Gasteiger charge is 2.13. The summed E-state index contributed by atoms with van der Waals surface area (Å²) in [5.41, 5.74) is 5.67. The van der Waals surface area contributed by atoms with Gasteiger partial charge in [-0.15, -0.1) is 0 Å². The van der Waals surface area contributed by atoms with Crippen LogP contribution in [0.15, 0.2) is 0 Å². The van der Waals surface area contributed by atoms with Crippen molar-refractivity contribution in [2.75, 3.05) is 13.1 Å². The summed E-state index contributed by atoms with van der Waals surface area (Å²) in [5, 5.41) is 5.26. The third-order valence-corrected chi connectivity index (χ3v) is 2.34. The van der Waals surface area contributed by atoms with Gasteiger partial charge in [-0.3, -0.25) is 9.59 Å². The quantitative estimate of drug-likeness (QED) is 0.576. The first kappa shape index (κ1) is 15.9. The van der Waals surface area contributed by atoms with E-state index in [0.29, 0.717) is 18.9 Å². The van der Waals surface area contributed by atoms with Gasteiger partial charge in [0, 0.05) is 6.54 Å². The number of hydrogen-bond donors (Lipinski definition) is 3. The lowest BCUT2D eigenvalue weighted by Crippen LogP contribution is -2.45. The van der Waals surface area contributed by atoms with Crippen molar-refractivity contribution in [2.45, 2.75) is 46.1 Å². The fourth-order valence-electron chi connectivity index (χ4n) is 1.23. The summed E-state index contributed by atoms with van der Waals surface area (Å²) in [4.78, 5) is 22.8.